The molecular formula is C12H10ClN3OS. The van der Waals surface area contributed by atoms with E-state index in [0.29, 0.717) is 18.1 Å². The minimum atomic E-state index is -0.111. The molecule has 0 aliphatic carbocycles. The zero-order chi connectivity index (χ0) is 12.5. The van der Waals surface area contributed by atoms with Crippen LogP contribution in [0.15, 0.2) is 29.8 Å². The van der Waals surface area contributed by atoms with Crippen LogP contribution in [0.5, 0.6) is 0 Å². The highest BCUT2D eigenvalue weighted by atomic mass is 35.5. The molecule has 0 saturated carbocycles. The molecule has 0 spiro atoms. The maximum absolute atomic E-state index is 11.7. The summed E-state index contributed by atoms with van der Waals surface area (Å²) in [5.41, 5.74) is 1.61. The maximum Gasteiger partial charge on any atom is 0.230 e. The molecule has 1 aliphatic heterocycles. The van der Waals surface area contributed by atoms with Gasteiger partial charge < -0.3 is 0 Å². The minimum absolute atomic E-state index is 0.0388. The molecule has 18 heavy (non-hydrogen) atoms. The summed E-state index contributed by atoms with van der Waals surface area (Å²) in [6, 6.07) is 5.67. The average molecular weight is 280 g/mol. The molecule has 2 aromatic heterocycles. The van der Waals surface area contributed by atoms with E-state index in [-0.39, 0.29) is 11.3 Å². The Bertz CT molecular complexity index is 572. The predicted octanol–water partition coefficient (Wildman–Crippen LogP) is 2.55. The second kappa shape index (κ2) is 4.66. The molecule has 1 unspecified atom stereocenters. The summed E-state index contributed by atoms with van der Waals surface area (Å²) in [4.78, 5) is 22.1. The first-order valence-corrected chi connectivity index (χ1v) is 6.87. The molecule has 2 aromatic rings. The first-order valence-electron chi connectivity index (χ1n) is 5.55. The Morgan fingerprint density at radius 3 is 2.94 bits per heavy atom. The van der Waals surface area contributed by atoms with E-state index in [1.165, 1.54) is 11.3 Å². The standard InChI is InChI=1S/C12H10ClN3OS/c13-8-5-11(17)16(6-8)12-15-10(7-18-12)9-3-1-2-4-14-9/h1-4,7-8H,5-6H2. The van der Waals surface area contributed by atoms with Crippen LogP contribution in [-0.4, -0.2) is 27.8 Å². The Morgan fingerprint density at radius 1 is 1.39 bits per heavy atom. The van der Waals surface area contributed by atoms with Crippen LogP contribution in [0.1, 0.15) is 6.42 Å². The van der Waals surface area contributed by atoms with Gasteiger partial charge in [-0.15, -0.1) is 22.9 Å². The molecular weight excluding hydrogens is 270 g/mol. The van der Waals surface area contributed by atoms with E-state index in [2.05, 4.69) is 9.97 Å². The third-order valence-electron chi connectivity index (χ3n) is 2.73. The Labute approximate surface area is 113 Å². The molecule has 1 fully saturated rings. The van der Waals surface area contributed by atoms with Gasteiger partial charge in [0.15, 0.2) is 5.13 Å². The Morgan fingerprint density at radius 2 is 2.28 bits per heavy atom. The third kappa shape index (κ3) is 2.11. The number of carbonyl (C=O) groups is 1. The fraction of sp³-hybridized carbons (Fsp3) is 0.250. The SMILES string of the molecule is O=C1CC(Cl)CN1c1nc(-c2ccccn2)cs1. The molecule has 0 bridgehead atoms. The largest absolute Gasteiger partial charge is 0.287 e. The minimum Gasteiger partial charge on any atom is -0.287 e. The van der Waals surface area contributed by atoms with E-state index >= 15 is 0 Å². The topological polar surface area (TPSA) is 46.1 Å². The van der Waals surface area contributed by atoms with Crippen LogP contribution < -0.4 is 4.90 Å². The normalized spacial score (nSPS) is 19.5. The molecule has 6 heteroatoms. The number of hydrogen-bond acceptors (Lipinski definition) is 4. The maximum atomic E-state index is 11.7. The summed E-state index contributed by atoms with van der Waals surface area (Å²) in [6.45, 7) is 0.537. The van der Waals surface area contributed by atoms with Crippen LogP contribution in [0, 0.1) is 0 Å². The molecule has 1 amide bonds. The van der Waals surface area contributed by atoms with Crippen molar-refractivity contribution in [3.63, 3.8) is 0 Å². The fourth-order valence-corrected chi connectivity index (χ4v) is 2.98. The van der Waals surface area contributed by atoms with Gasteiger partial charge in [0.1, 0.15) is 5.69 Å². The third-order valence-corrected chi connectivity index (χ3v) is 3.88. The summed E-state index contributed by atoms with van der Waals surface area (Å²) in [7, 11) is 0. The molecule has 1 atom stereocenters. The summed E-state index contributed by atoms with van der Waals surface area (Å²) in [5.74, 6) is 0.0388. The van der Waals surface area contributed by atoms with Gasteiger partial charge in [-0.25, -0.2) is 4.98 Å². The van der Waals surface area contributed by atoms with Crippen LogP contribution in [0.4, 0.5) is 5.13 Å². The van der Waals surface area contributed by atoms with E-state index in [0.717, 1.165) is 11.4 Å². The first kappa shape index (κ1) is 11.6. The Balaban J connectivity index is 1.88. The lowest BCUT2D eigenvalue weighted by Crippen LogP contribution is -2.24. The smallest absolute Gasteiger partial charge is 0.230 e. The molecule has 1 saturated heterocycles. The monoisotopic (exact) mass is 279 g/mol. The number of anilines is 1. The molecule has 0 radical (unpaired) electrons. The number of alkyl halides is 1. The lowest BCUT2D eigenvalue weighted by molar-refractivity contribution is -0.117. The Hall–Kier alpha value is -1.46. The number of hydrogen-bond donors (Lipinski definition) is 0. The van der Waals surface area contributed by atoms with Gasteiger partial charge >= 0.3 is 0 Å². The van der Waals surface area contributed by atoms with Crippen molar-refractivity contribution in [1.29, 1.82) is 0 Å². The highest BCUT2D eigenvalue weighted by Crippen LogP contribution is 2.30. The highest BCUT2D eigenvalue weighted by Gasteiger charge is 2.31. The molecule has 0 aromatic carbocycles. The van der Waals surface area contributed by atoms with Gasteiger partial charge in [-0.05, 0) is 12.1 Å². The van der Waals surface area contributed by atoms with E-state index in [1.807, 2.05) is 23.6 Å². The van der Waals surface area contributed by atoms with Crippen molar-refractivity contribution >= 4 is 34.0 Å². The second-order valence-electron chi connectivity index (χ2n) is 4.04. The summed E-state index contributed by atoms with van der Waals surface area (Å²) in [5, 5.41) is 2.50. The summed E-state index contributed by atoms with van der Waals surface area (Å²) in [6.07, 6.45) is 2.12. The van der Waals surface area contributed by atoms with E-state index in [9.17, 15) is 4.79 Å². The number of nitrogens with zero attached hydrogens (tertiary/aromatic N) is 3. The predicted molar refractivity (Wildman–Crippen MR) is 72.0 cm³/mol. The quantitative estimate of drug-likeness (QED) is 0.794. The highest BCUT2D eigenvalue weighted by molar-refractivity contribution is 7.14. The molecule has 3 rings (SSSR count). The van der Waals surface area contributed by atoms with Crippen molar-refractivity contribution in [2.75, 3.05) is 11.4 Å². The number of pyridine rings is 1. The van der Waals surface area contributed by atoms with Gasteiger partial charge in [-0.1, -0.05) is 6.07 Å². The average Bonchev–Trinajstić information content (AvgIpc) is 2.97. The zero-order valence-electron chi connectivity index (χ0n) is 9.41. The number of thiazole rings is 1. The van der Waals surface area contributed by atoms with Crippen molar-refractivity contribution in [2.45, 2.75) is 11.8 Å². The molecule has 1 aliphatic rings. The summed E-state index contributed by atoms with van der Waals surface area (Å²) >= 11 is 7.42. The van der Waals surface area contributed by atoms with Crippen molar-refractivity contribution in [3.05, 3.63) is 29.8 Å². The lowest BCUT2D eigenvalue weighted by atomic mass is 10.3. The van der Waals surface area contributed by atoms with Gasteiger partial charge in [0.2, 0.25) is 5.91 Å². The molecule has 3 heterocycles. The van der Waals surface area contributed by atoms with Crippen molar-refractivity contribution in [2.24, 2.45) is 0 Å². The molecule has 0 N–H and O–H groups in total. The van der Waals surface area contributed by atoms with Crippen molar-refractivity contribution in [3.8, 4) is 11.4 Å². The lowest BCUT2D eigenvalue weighted by Gasteiger charge is -2.10. The van der Waals surface area contributed by atoms with Crippen LogP contribution in [0.3, 0.4) is 0 Å². The van der Waals surface area contributed by atoms with Gasteiger partial charge in [0.05, 0.1) is 11.1 Å². The number of rotatable bonds is 2. The summed E-state index contributed by atoms with van der Waals surface area (Å²) < 4.78 is 0. The number of aromatic nitrogens is 2. The number of halogens is 1. The van der Waals surface area contributed by atoms with E-state index in [1.54, 1.807) is 11.1 Å². The van der Waals surface area contributed by atoms with Gasteiger partial charge in [-0.3, -0.25) is 14.7 Å². The van der Waals surface area contributed by atoms with Crippen molar-refractivity contribution in [1.82, 2.24) is 9.97 Å². The van der Waals surface area contributed by atoms with Gasteiger partial charge in [-0.2, -0.15) is 0 Å². The molecule has 92 valence electrons. The van der Waals surface area contributed by atoms with Crippen LogP contribution >= 0.6 is 22.9 Å². The molecule has 4 nitrogen and oxygen atoms in total. The fourth-order valence-electron chi connectivity index (χ4n) is 1.87. The van der Waals surface area contributed by atoms with E-state index in [4.69, 9.17) is 11.6 Å². The first-order chi connectivity index (χ1) is 8.74. The van der Waals surface area contributed by atoms with E-state index < -0.39 is 0 Å². The van der Waals surface area contributed by atoms with Crippen LogP contribution in [0.2, 0.25) is 0 Å². The van der Waals surface area contributed by atoms with Gasteiger partial charge in [0, 0.05) is 24.5 Å². The second-order valence-corrected chi connectivity index (χ2v) is 5.49. The van der Waals surface area contributed by atoms with Crippen LogP contribution in [0.25, 0.3) is 11.4 Å². The Kier molecular flexibility index (Phi) is 3.01. The van der Waals surface area contributed by atoms with Crippen LogP contribution in [-0.2, 0) is 4.79 Å². The van der Waals surface area contributed by atoms with Gasteiger partial charge in [0.25, 0.3) is 0 Å². The number of amides is 1. The van der Waals surface area contributed by atoms with Crippen molar-refractivity contribution < 1.29 is 4.79 Å². The zero-order valence-corrected chi connectivity index (χ0v) is 11.0. The number of carbonyl (C=O) groups excluding carboxylic acids is 1.